The maximum absolute atomic E-state index is 12.1. The molecular formula is C17H19BrN2O3. The maximum Gasteiger partial charge on any atom is 0.243 e. The SMILES string of the molecule is COc1ccc(OC)c(NC(=O)CNc2ccc(C)cc2Br)c1. The van der Waals surface area contributed by atoms with Gasteiger partial charge in [0, 0.05) is 16.2 Å². The van der Waals surface area contributed by atoms with Gasteiger partial charge >= 0.3 is 0 Å². The summed E-state index contributed by atoms with van der Waals surface area (Å²) < 4.78 is 11.3. The Balaban J connectivity index is 2.02. The van der Waals surface area contributed by atoms with Crippen molar-refractivity contribution < 1.29 is 14.3 Å². The van der Waals surface area contributed by atoms with Crippen LogP contribution in [0.3, 0.4) is 0 Å². The number of benzene rings is 2. The lowest BCUT2D eigenvalue weighted by Crippen LogP contribution is -2.22. The van der Waals surface area contributed by atoms with Crippen LogP contribution >= 0.6 is 15.9 Å². The minimum absolute atomic E-state index is 0.141. The van der Waals surface area contributed by atoms with E-state index in [0.29, 0.717) is 17.2 Å². The van der Waals surface area contributed by atoms with Crippen molar-refractivity contribution in [2.24, 2.45) is 0 Å². The molecule has 0 atom stereocenters. The zero-order valence-electron chi connectivity index (χ0n) is 13.3. The van der Waals surface area contributed by atoms with Gasteiger partial charge in [0.2, 0.25) is 5.91 Å². The van der Waals surface area contributed by atoms with E-state index in [9.17, 15) is 4.79 Å². The average Bonchev–Trinajstić information content (AvgIpc) is 2.54. The summed E-state index contributed by atoms with van der Waals surface area (Å²) in [7, 11) is 3.13. The second kappa shape index (κ2) is 7.87. The van der Waals surface area contributed by atoms with Gasteiger partial charge in [-0.1, -0.05) is 6.07 Å². The summed E-state index contributed by atoms with van der Waals surface area (Å²) in [6, 6.07) is 11.1. The van der Waals surface area contributed by atoms with E-state index in [0.717, 1.165) is 15.7 Å². The Labute approximate surface area is 144 Å². The van der Waals surface area contributed by atoms with Crippen molar-refractivity contribution in [3.8, 4) is 11.5 Å². The molecule has 0 spiro atoms. The lowest BCUT2D eigenvalue weighted by atomic mass is 10.2. The lowest BCUT2D eigenvalue weighted by molar-refractivity contribution is -0.114. The number of amides is 1. The molecule has 1 amide bonds. The fourth-order valence-corrected chi connectivity index (χ4v) is 2.68. The minimum atomic E-state index is -0.177. The first-order chi connectivity index (χ1) is 11.0. The molecule has 0 heterocycles. The van der Waals surface area contributed by atoms with E-state index in [1.807, 2.05) is 25.1 Å². The Bertz CT molecular complexity index is 704. The van der Waals surface area contributed by atoms with Gasteiger partial charge < -0.3 is 20.1 Å². The van der Waals surface area contributed by atoms with E-state index in [4.69, 9.17) is 9.47 Å². The van der Waals surface area contributed by atoms with E-state index in [1.54, 1.807) is 32.4 Å². The summed E-state index contributed by atoms with van der Waals surface area (Å²) >= 11 is 3.48. The molecule has 0 unspecified atom stereocenters. The maximum atomic E-state index is 12.1. The highest BCUT2D eigenvalue weighted by Crippen LogP contribution is 2.29. The average molecular weight is 379 g/mol. The molecule has 0 aromatic heterocycles. The van der Waals surface area contributed by atoms with Crippen LogP contribution in [0.4, 0.5) is 11.4 Å². The molecular weight excluding hydrogens is 360 g/mol. The van der Waals surface area contributed by atoms with Crippen LogP contribution in [-0.2, 0) is 4.79 Å². The molecule has 23 heavy (non-hydrogen) atoms. The Hall–Kier alpha value is -2.21. The van der Waals surface area contributed by atoms with E-state index < -0.39 is 0 Å². The smallest absolute Gasteiger partial charge is 0.243 e. The van der Waals surface area contributed by atoms with Gasteiger partial charge in [0.25, 0.3) is 0 Å². The zero-order chi connectivity index (χ0) is 16.8. The predicted molar refractivity (Wildman–Crippen MR) is 95.5 cm³/mol. The molecule has 0 fully saturated rings. The summed E-state index contributed by atoms with van der Waals surface area (Å²) in [5.74, 6) is 1.05. The van der Waals surface area contributed by atoms with Crippen LogP contribution in [0.25, 0.3) is 0 Å². The molecule has 122 valence electrons. The number of halogens is 1. The van der Waals surface area contributed by atoms with Crippen LogP contribution < -0.4 is 20.1 Å². The number of carbonyl (C=O) groups excluding carboxylic acids is 1. The van der Waals surface area contributed by atoms with Crippen molar-refractivity contribution in [3.63, 3.8) is 0 Å². The molecule has 5 nitrogen and oxygen atoms in total. The second-order valence-electron chi connectivity index (χ2n) is 4.95. The van der Waals surface area contributed by atoms with Crippen LogP contribution in [0, 0.1) is 6.92 Å². The summed E-state index contributed by atoms with van der Waals surface area (Å²) in [5.41, 5.74) is 2.58. The van der Waals surface area contributed by atoms with E-state index in [1.165, 1.54) is 0 Å². The van der Waals surface area contributed by atoms with Crippen molar-refractivity contribution >= 4 is 33.2 Å². The van der Waals surface area contributed by atoms with Crippen LogP contribution in [0.15, 0.2) is 40.9 Å². The molecule has 0 radical (unpaired) electrons. The molecule has 0 saturated carbocycles. The first-order valence-corrected chi connectivity index (χ1v) is 7.84. The Morgan fingerprint density at radius 1 is 1.09 bits per heavy atom. The number of methoxy groups -OCH3 is 2. The quantitative estimate of drug-likeness (QED) is 0.801. The minimum Gasteiger partial charge on any atom is -0.497 e. The van der Waals surface area contributed by atoms with Gasteiger partial charge in [0.15, 0.2) is 0 Å². The summed E-state index contributed by atoms with van der Waals surface area (Å²) in [5, 5.41) is 5.91. The predicted octanol–water partition coefficient (Wildman–Crippen LogP) is 3.83. The highest BCUT2D eigenvalue weighted by molar-refractivity contribution is 9.10. The molecule has 0 bridgehead atoms. The van der Waals surface area contributed by atoms with Gasteiger partial charge in [-0.3, -0.25) is 4.79 Å². The molecule has 2 N–H and O–H groups in total. The molecule has 0 aliphatic rings. The number of rotatable bonds is 6. The van der Waals surface area contributed by atoms with Crippen LogP contribution in [0.5, 0.6) is 11.5 Å². The first-order valence-electron chi connectivity index (χ1n) is 7.05. The highest BCUT2D eigenvalue weighted by atomic mass is 79.9. The standard InChI is InChI=1S/C17H19BrN2O3/c1-11-4-6-14(13(18)8-11)19-10-17(21)20-15-9-12(22-2)5-7-16(15)23-3/h4-9,19H,10H2,1-3H3,(H,20,21). The fourth-order valence-electron chi connectivity index (χ4n) is 2.05. The van der Waals surface area contributed by atoms with Gasteiger partial charge in [-0.15, -0.1) is 0 Å². The van der Waals surface area contributed by atoms with Crippen LogP contribution in [0.1, 0.15) is 5.56 Å². The largest absolute Gasteiger partial charge is 0.497 e. The highest BCUT2D eigenvalue weighted by Gasteiger charge is 2.09. The summed E-state index contributed by atoms with van der Waals surface area (Å²) in [6.07, 6.45) is 0. The van der Waals surface area contributed by atoms with Crippen LogP contribution in [-0.4, -0.2) is 26.7 Å². The van der Waals surface area contributed by atoms with E-state index >= 15 is 0 Å². The Morgan fingerprint density at radius 3 is 2.52 bits per heavy atom. The third-order valence-electron chi connectivity index (χ3n) is 3.24. The number of hydrogen-bond donors (Lipinski definition) is 2. The zero-order valence-corrected chi connectivity index (χ0v) is 14.9. The third-order valence-corrected chi connectivity index (χ3v) is 3.90. The molecule has 0 aliphatic heterocycles. The molecule has 2 aromatic carbocycles. The van der Waals surface area contributed by atoms with Gasteiger partial charge in [-0.2, -0.15) is 0 Å². The number of anilines is 2. The number of carbonyl (C=O) groups is 1. The summed E-state index contributed by atoms with van der Waals surface area (Å²) in [4.78, 5) is 12.1. The molecule has 2 rings (SSSR count). The van der Waals surface area contributed by atoms with Gasteiger partial charge in [0.05, 0.1) is 26.5 Å². The topological polar surface area (TPSA) is 59.6 Å². The molecule has 2 aromatic rings. The van der Waals surface area contributed by atoms with Crippen molar-refractivity contribution in [3.05, 3.63) is 46.4 Å². The molecule has 0 aliphatic carbocycles. The van der Waals surface area contributed by atoms with E-state index in [-0.39, 0.29) is 12.5 Å². The summed E-state index contributed by atoms with van der Waals surface area (Å²) in [6.45, 7) is 2.15. The lowest BCUT2D eigenvalue weighted by Gasteiger charge is -2.13. The fraction of sp³-hybridized carbons (Fsp3) is 0.235. The van der Waals surface area contributed by atoms with Gasteiger partial charge in [-0.05, 0) is 52.7 Å². The van der Waals surface area contributed by atoms with Crippen molar-refractivity contribution in [1.82, 2.24) is 0 Å². The van der Waals surface area contributed by atoms with Crippen molar-refractivity contribution in [2.45, 2.75) is 6.92 Å². The Morgan fingerprint density at radius 2 is 1.87 bits per heavy atom. The Kier molecular flexibility index (Phi) is 5.87. The number of nitrogens with one attached hydrogen (secondary N) is 2. The number of ether oxygens (including phenoxy) is 2. The van der Waals surface area contributed by atoms with Crippen molar-refractivity contribution in [2.75, 3.05) is 31.4 Å². The third kappa shape index (κ3) is 4.63. The van der Waals surface area contributed by atoms with Crippen molar-refractivity contribution in [1.29, 1.82) is 0 Å². The first kappa shape index (κ1) is 17.1. The van der Waals surface area contributed by atoms with Crippen LogP contribution in [0.2, 0.25) is 0 Å². The van der Waals surface area contributed by atoms with E-state index in [2.05, 4.69) is 26.6 Å². The number of hydrogen-bond acceptors (Lipinski definition) is 4. The molecule has 0 saturated heterocycles. The monoisotopic (exact) mass is 378 g/mol. The molecule has 6 heteroatoms. The van der Waals surface area contributed by atoms with Gasteiger partial charge in [-0.25, -0.2) is 0 Å². The number of aryl methyl sites for hydroxylation is 1. The normalized spacial score (nSPS) is 10.1. The second-order valence-corrected chi connectivity index (χ2v) is 5.81. The van der Waals surface area contributed by atoms with Gasteiger partial charge in [0.1, 0.15) is 11.5 Å².